The first-order valence-corrected chi connectivity index (χ1v) is 6.95. The summed E-state index contributed by atoms with van der Waals surface area (Å²) in [5, 5.41) is 14.8. The Kier molecular flexibility index (Phi) is 3.64. The van der Waals surface area contributed by atoms with Crippen LogP contribution < -0.4 is 5.32 Å². The lowest BCUT2D eigenvalue weighted by Crippen LogP contribution is -2.36. The Morgan fingerprint density at radius 2 is 2.14 bits per heavy atom. The molecule has 3 rings (SSSR count). The normalized spacial score (nSPS) is 15.7. The number of nitrogens with one attached hydrogen (secondary N) is 1. The zero-order valence-electron chi connectivity index (χ0n) is 11.7. The second-order valence-electron chi connectivity index (χ2n) is 5.34. The molecule has 0 spiro atoms. The smallest absolute Gasteiger partial charge is 0.243 e. The van der Waals surface area contributed by atoms with E-state index in [1.807, 2.05) is 6.92 Å². The van der Waals surface area contributed by atoms with Gasteiger partial charge in [0.05, 0.1) is 0 Å². The average molecular weight is 289 g/mol. The van der Waals surface area contributed by atoms with Gasteiger partial charge in [0.15, 0.2) is 0 Å². The van der Waals surface area contributed by atoms with Crippen molar-refractivity contribution in [2.24, 2.45) is 5.92 Å². The molecule has 1 aliphatic rings. The molecule has 1 aliphatic carbocycles. The molecule has 6 nitrogen and oxygen atoms in total. The third-order valence-corrected chi connectivity index (χ3v) is 3.56. The van der Waals surface area contributed by atoms with Crippen LogP contribution in [-0.4, -0.2) is 32.2 Å². The molecule has 0 aliphatic heterocycles. The van der Waals surface area contributed by atoms with E-state index in [0.717, 1.165) is 0 Å². The molecule has 0 bridgehead atoms. The maximum absolute atomic E-state index is 12.9. The highest BCUT2D eigenvalue weighted by Gasteiger charge is 2.28. The van der Waals surface area contributed by atoms with Gasteiger partial charge in [-0.2, -0.15) is 4.80 Å². The van der Waals surface area contributed by atoms with Gasteiger partial charge in [-0.15, -0.1) is 10.2 Å². The standard InChI is InChI=1S/C14H16FN5O/c1-9(10-2-3-10)16-13(21)8-20-18-14(17-19-20)11-4-6-12(15)7-5-11/h4-7,9-10H,2-3,8H2,1H3,(H,16,21). The first-order valence-electron chi connectivity index (χ1n) is 6.95. The van der Waals surface area contributed by atoms with Crippen LogP contribution in [0.1, 0.15) is 19.8 Å². The maximum atomic E-state index is 12.9. The molecule has 1 aromatic heterocycles. The van der Waals surface area contributed by atoms with Gasteiger partial charge in [-0.05, 0) is 55.2 Å². The highest BCUT2D eigenvalue weighted by molar-refractivity contribution is 5.75. The molecule has 1 aromatic carbocycles. The number of carbonyl (C=O) groups excluding carboxylic acids is 1. The third-order valence-electron chi connectivity index (χ3n) is 3.56. The molecule has 2 aromatic rings. The lowest BCUT2D eigenvalue weighted by Gasteiger charge is -2.11. The van der Waals surface area contributed by atoms with Crippen LogP contribution in [0.25, 0.3) is 11.4 Å². The van der Waals surface area contributed by atoms with Crippen LogP contribution in [0.5, 0.6) is 0 Å². The minimum Gasteiger partial charge on any atom is -0.352 e. The number of halogens is 1. The van der Waals surface area contributed by atoms with E-state index in [9.17, 15) is 9.18 Å². The zero-order chi connectivity index (χ0) is 14.8. The van der Waals surface area contributed by atoms with E-state index in [-0.39, 0.29) is 24.3 Å². The van der Waals surface area contributed by atoms with Crippen molar-refractivity contribution in [1.82, 2.24) is 25.5 Å². The van der Waals surface area contributed by atoms with E-state index in [1.165, 1.54) is 29.8 Å². The van der Waals surface area contributed by atoms with E-state index in [4.69, 9.17) is 0 Å². The predicted octanol–water partition coefficient (Wildman–Crippen LogP) is 1.39. The summed E-state index contributed by atoms with van der Waals surface area (Å²) in [6, 6.07) is 6.01. The highest BCUT2D eigenvalue weighted by Crippen LogP contribution is 2.32. The number of nitrogens with zero attached hydrogens (tertiary/aromatic N) is 4. The molecular formula is C14H16FN5O. The summed E-state index contributed by atoms with van der Waals surface area (Å²) in [4.78, 5) is 13.1. The molecule has 21 heavy (non-hydrogen) atoms. The average Bonchev–Trinajstić information content (AvgIpc) is 3.21. The largest absolute Gasteiger partial charge is 0.352 e. The van der Waals surface area contributed by atoms with Crippen molar-refractivity contribution in [3.63, 3.8) is 0 Å². The minimum absolute atomic E-state index is 0.0330. The van der Waals surface area contributed by atoms with Gasteiger partial charge >= 0.3 is 0 Å². The third kappa shape index (κ3) is 3.42. The number of aromatic nitrogens is 4. The predicted molar refractivity (Wildman–Crippen MR) is 73.5 cm³/mol. The summed E-state index contributed by atoms with van der Waals surface area (Å²) in [5.41, 5.74) is 0.661. The molecule has 7 heteroatoms. The fraction of sp³-hybridized carbons (Fsp3) is 0.429. The van der Waals surface area contributed by atoms with Crippen LogP contribution in [0.2, 0.25) is 0 Å². The molecule has 1 fully saturated rings. The van der Waals surface area contributed by atoms with Crippen LogP contribution in [0.4, 0.5) is 4.39 Å². The fourth-order valence-corrected chi connectivity index (χ4v) is 2.17. The van der Waals surface area contributed by atoms with Gasteiger partial charge in [-0.3, -0.25) is 4.79 Å². The number of hydrogen-bond donors (Lipinski definition) is 1. The van der Waals surface area contributed by atoms with Gasteiger partial charge in [0, 0.05) is 11.6 Å². The van der Waals surface area contributed by atoms with Gasteiger partial charge in [0.25, 0.3) is 0 Å². The molecule has 1 atom stereocenters. The molecule has 1 heterocycles. The lowest BCUT2D eigenvalue weighted by molar-refractivity contribution is -0.122. The molecule has 110 valence electrons. The quantitative estimate of drug-likeness (QED) is 0.903. The molecule has 1 N–H and O–H groups in total. The summed E-state index contributed by atoms with van der Waals surface area (Å²) < 4.78 is 12.9. The van der Waals surface area contributed by atoms with Crippen LogP contribution in [0, 0.1) is 11.7 Å². The molecule has 0 saturated heterocycles. The minimum atomic E-state index is -0.320. The van der Waals surface area contributed by atoms with Crippen LogP contribution in [0.3, 0.4) is 0 Å². The summed E-state index contributed by atoms with van der Waals surface area (Å²) in [7, 11) is 0. The van der Waals surface area contributed by atoms with E-state index < -0.39 is 0 Å². The summed E-state index contributed by atoms with van der Waals surface area (Å²) in [6.45, 7) is 2.04. The van der Waals surface area contributed by atoms with Crippen molar-refractivity contribution in [2.75, 3.05) is 0 Å². The molecule has 1 saturated carbocycles. The summed E-state index contributed by atoms with van der Waals surface area (Å²) in [5.74, 6) is 0.530. The van der Waals surface area contributed by atoms with Gasteiger partial charge in [0.1, 0.15) is 12.4 Å². The van der Waals surface area contributed by atoms with Crippen molar-refractivity contribution >= 4 is 5.91 Å². The topological polar surface area (TPSA) is 72.7 Å². The van der Waals surface area contributed by atoms with Gasteiger partial charge in [-0.25, -0.2) is 4.39 Å². The Morgan fingerprint density at radius 1 is 1.43 bits per heavy atom. The van der Waals surface area contributed by atoms with E-state index in [2.05, 4.69) is 20.7 Å². The Morgan fingerprint density at radius 3 is 2.81 bits per heavy atom. The number of rotatable bonds is 5. The van der Waals surface area contributed by atoms with Crippen LogP contribution in [0.15, 0.2) is 24.3 Å². The maximum Gasteiger partial charge on any atom is 0.243 e. The van der Waals surface area contributed by atoms with Crippen LogP contribution in [-0.2, 0) is 11.3 Å². The number of amides is 1. The van der Waals surface area contributed by atoms with Gasteiger partial charge < -0.3 is 5.32 Å². The van der Waals surface area contributed by atoms with Crippen molar-refractivity contribution < 1.29 is 9.18 Å². The van der Waals surface area contributed by atoms with Crippen molar-refractivity contribution in [3.05, 3.63) is 30.1 Å². The fourth-order valence-electron chi connectivity index (χ4n) is 2.17. The zero-order valence-corrected chi connectivity index (χ0v) is 11.7. The molecular weight excluding hydrogens is 273 g/mol. The second-order valence-corrected chi connectivity index (χ2v) is 5.34. The highest BCUT2D eigenvalue weighted by atomic mass is 19.1. The monoisotopic (exact) mass is 289 g/mol. The number of hydrogen-bond acceptors (Lipinski definition) is 4. The Hall–Kier alpha value is -2.31. The van der Waals surface area contributed by atoms with E-state index >= 15 is 0 Å². The first-order chi connectivity index (χ1) is 10.1. The molecule has 0 radical (unpaired) electrons. The van der Waals surface area contributed by atoms with Crippen LogP contribution >= 0.6 is 0 Å². The SMILES string of the molecule is CC(NC(=O)Cn1nnc(-c2ccc(F)cc2)n1)C1CC1. The summed E-state index contributed by atoms with van der Waals surface area (Å²) >= 11 is 0. The van der Waals surface area contributed by atoms with Gasteiger partial charge in [0.2, 0.25) is 11.7 Å². The number of carbonyl (C=O) groups is 1. The second kappa shape index (κ2) is 5.59. The first kappa shape index (κ1) is 13.7. The van der Waals surface area contributed by atoms with E-state index in [0.29, 0.717) is 17.3 Å². The van der Waals surface area contributed by atoms with Crippen molar-refractivity contribution in [1.29, 1.82) is 0 Å². The number of tetrazole rings is 1. The summed E-state index contributed by atoms with van der Waals surface area (Å²) in [6.07, 6.45) is 2.36. The Balaban J connectivity index is 1.61. The van der Waals surface area contributed by atoms with Crippen molar-refractivity contribution in [3.8, 4) is 11.4 Å². The Labute approximate surface area is 121 Å². The Bertz CT molecular complexity index is 635. The lowest BCUT2D eigenvalue weighted by atomic mass is 10.2. The van der Waals surface area contributed by atoms with Crippen molar-refractivity contribution in [2.45, 2.75) is 32.4 Å². The van der Waals surface area contributed by atoms with Gasteiger partial charge in [-0.1, -0.05) is 0 Å². The molecule has 1 unspecified atom stereocenters. The molecule has 1 amide bonds. The number of benzene rings is 1. The van der Waals surface area contributed by atoms with E-state index in [1.54, 1.807) is 12.1 Å².